The first-order valence-corrected chi connectivity index (χ1v) is 5.42. The summed E-state index contributed by atoms with van der Waals surface area (Å²) in [6.45, 7) is 0. The highest BCUT2D eigenvalue weighted by Crippen LogP contribution is 2.28. The molecule has 0 N–H and O–H groups in total. The van der Waals surface area contributed by atoms with Crippen molar-refractivity contribution >= 4 is 39.8 Å². The standard InChI is InChI=1S/C11H8INO2/c1-15-10-5-4-9-8(11(10)12)3-2-7(6-14)13-9/h2-6H,1H3. The Morgan fingerprint density at radius 1 is 1.33 bits per heavy atom. The fraction of sp³-hybridized carbons (Fsp3) is 0.0909. The van der Waals surface area contributed by atoms with Crippen LogP contribution in [-0.4, -0.2) is 18.4 Å². The smallest absolute Gasteiger partial charge is 0.168 e. The molecule has 15 heavy (non-hydrogen) atoms. The van der Waals surface area contributed by atoms with Gasteiger partial charge in [-0.3, -0.25) is 4.79 Å². The van der Waals surface area contributed by atoms with Crippen LogP contribution in [0.3, 0.4) is 0 Å². The van der Waals surface area contributed by atoms with E-state index >= 15 is 0 Å². The molecule has 0 saturated carbocycles. The molecule has 76 valence electrons. The highest BCUT2D eigenvalue weighted by molar-refractivity contribution is 14.1. The maximum atomic E-state index is 10.6. The van der Waals surface area contributed by atoms with Gasteiger partial charge >= 0.3 is 0 Å². The van der Waals surface area contributed by atoms with E-state index in [0.29, 0.717) is 5.69 Å². The van der Waals surface area contributed by atoms with E-state index in [1.54, 1.807) is 13.2 Å². The lowest BCUT2D eigenvalue weighted by atomic mass is 10.2. The molecule has 0 saturated heterocycles. The Bertz CT molecular complexity index is 525. The Labute approximate surface area is 101 Å². The average molecular weight is 313 g/mol. The maximum Gasteiger partial charge on any atom is 0.168 e. The van der Waals surface area contributed by atoms with Crippen LogP contribution in [0.2, 0.25) is 0 Å². The number of nitrogens with zero attached hydrogens (tertiary/aromatic N) is 1. The molecule has 1 aromatic heterocycles. The van der Waals surface area contributed by atoms with Crippen LogP contribution < -0.4 is 4.74 Å². The molecule has 0 aliphatic carbocycles. The number of rotatable bonds is 2. The SMILES string of the molecule is COc1ccc2nc(C=O)ccc2c1I. The van der Waals surface area contributed by atoms with Crippen molar-refractivity contribution in [1.82, 2.24) is 4.98 Å². The third-order valence-electron chi connectivity index (χ3n) is 2.13. The molecule has 0 bridgehead atoms. The Balaban J connectivity index is 2.73. The number of ether oxygens (including phenoxy) is 1. The van der Waals surface area contributed by atoms with Gasteiger partial charge in [-0.2, -0.15) is 0 Å². The van der Waals surface area contributed by atoms with Crippen LogP contribution in [0.1, 0.15) is 10.5 Å². The van der Waals surface area contributed by atoms with E-state index in [4.69, 9.17) is 4.74 Å². The van der Waals surface area contributed by atoms with Crippen molar-refractivity contribution in [3.05, 3.63) is 33.5 Å². The topological polar surface area (TPSA) is 39.2 Å². The molecule has 0 amide bonds. The number of aromatic nitrogens is 1. The summed E-state index contributed by atoms with van der Waals surface area (Å²) in [7, 11) is 1.64. The molecule has 0 aliphatic heterocycles. The van der Waals surface area contributed by atoms with Crippen LogP contribution >= 0.6 is 22.6 Å². The normalized spacial score (nSPS) is 10.3. The van der Waals surface area contributed by atoms with Crippen molar-refractivity contribution in [2.45, 2.75) is 0 Å². The molecule has 0 aliphatic rings. The second-order valence-electron chi connectivity index (χ2n) is 3.00. The number of methoxy groups -OCH3 is 1. The summed E-state index contributed by atoms with van der Waals surface area (Å²) in [6.07, 6.45) is 0.747. The lowest BCUT2D eigenvalue weighted by molar-refractivity contribution is 0.111. The van der Waals surface area contributed by atoms with Crippen LogP contribution in [-0.2, 0) is 0 Å². The van der Waals surface area contributed by atoms with Gasteiger partial charge in [0.25, 0.3) is 0 Å². The molecule has 1 heterocycles. The summed E-state index contributed by atoms with van der Waals surface area (Å²) in [5, 5.41) is 1.00. The summed E-state index contributed by atoms with van der Waals surface area (Å²) in [5.74, 6) is 0.823. The van der Waals surface area contributed by atoms with Gasteiger partial charge in [-0.1, -0.05) is 0 Å². The number of hydrogen-bond donors (Lipinski definition) is 0. The Kier molecular flexibility index (Phi) is 2.86. The molecule has 0 atom stereocenters. The van der Waals surface area contributed by atoms with Crippen molar-refractivity contribution < 1.29 is 9.53 Å². The average Bonchev–Trinajstić information content (AvgIpc) is 2.29. The van der Waals surface area contributed by atoms with Gasteiger partial charge in [-0.25, -0.2) is 4.98 Å². The lowest BCUT2D eigenvalue weighted by Gasteiger charge is -2.06. The number of carbonyl (C=O) groups is 1. The first kappa shape index (κ1) is 10.4. The van der Waals surface area contributed by atoms with Crippen LogP contribution in [0.15, 0.2) is 24.3 Å². The molecule has 3 nitrogen and oxygen atoms in total. The molecular formula is C11H8INO2. The van der Waals surface area contributed by atoms with Gasteiger partial charge in [0.05, 0.1) is 16.2 Å². The second-order valence-corrected chi connectivity index (χ2v) is 4.08. The monoisotopic (exact) mass is 313 g/mol. The zero-order valence-electron chi connectivity index (χ0n) is 8.03. The van der Waals surface area contributed by atoms with Gasteiger partial charge in [0.2, 0.25) is 0 Å². The number of hydrogen-bond acceptors (Lipinski definition) is 3. The van der Waals surface area contributed by atoms with E-state index < -0.39 is 0 Å². The van der Waals surface area contributed by atoms with E-state index in [1.165, 1.54) is 0 Å². The van der Waals surface area contributed by atoms with Crippen LogP contribution in [0.5, 0.6) is 5.75 Å². The van der Waals surface area contributed by atoms with Gasteiger partial charge in [0, 0.05) is 5.39 Å². The minimum absolute atomic E-state index is 0.448. The van der Waals surface area contributed by atoms with Crippen molar-refractivity contribution in [1.29, 1.82) is 0 Å². The maximum absolute atomic E-state index is 10.6. The number of benzene rings is 1. The van der Waals surface area contributed by atoms with Crippen molar-refractivity contribution in [2.24, 2.45) is 0 Å². The molecule has 2 rings (SSSR count). The second kappa shape index (κ2) is 4.14. The molecule has 4 heteroatoms. The molecule has 0 radical (unpaired) electrons. The van der Waals surface area contributed by atoms with Gasteiger partial charge < -0.3 is 4.74 Å². The highest BCUT2D eigenvalue weighted by atomic mass is 127. The predicted molar refractivity (Wildman–Crippen MR) is 66.4 cm³/mol. The Hall–Kier alpha value is -1.17. The summed E-state index contributed by atoms with van der Waals surface area (Å²) >= 11 is 2.21. The molecule has 0 spiro atoms. The van der Waals surface area contributed by atoms with E-state index in [1.807, 2.05) is 18.2 Å². The number of aldehydes is 1. The third-order valence-corrected chi connectivity index (χ3v) is 3.25. The Morgan fingerprint density at radius 2 is 2.13 bits per heavy atom. The van der Waals surface area contributed by atoms with Gasteiger partial charge in [-0.15, -0.1) is 0 Å². The first-order chi connectivity index (χ1) is 7.26. The summed E-state index contributed by atoms with van der Waals surface area (Å²) in [4.78, 5) is 14.8. The zero-order valence-corrected chi connectivity index (χ0v) is 10.2. The molecule has 1 aromatic carbocycles. The fourth-order valence-electron chi connectivity index (χ4n) is 1.39. The van der Waals surface area contributed by atoms with E-state index in [2.05, 4.69) is 27.6 Å². The quantitative estimate of drug-likeness (QED) is 0.632. The Morgan fingerprint density at radius 3 is 2.80 bits per heavy atom. The molecule has 2 aromatic rings. The molecule has 0 fully saturated rings. The number of fused-ring (bicyclic) bond motifs is 1. The largest absolute Gasteiger partial charge is 0.496 e. The van der Waals surface area contributed by atoms with Crippen LogP contribution in [0.4, 0.5) is 0 Å². The third kappa shape index (κ3) is 1.81. The van der Waals surface area contributed by atoms with Crippen LogP contribution in [0, 0.1) is 3.57 Å². The number of halogens is 1. The van der Waals surface area contributed by atoms with E-state index in [0.717, 1.165) is 26.5 Å². The van der Waals surface area contributed by atoms with Crippen molar-refractivity contribution in [2.75, 3.05) is 7.11 Å². The van der Waals surface area contributed by atoms with Crippen LogP contribution in [0.25, 0.3) is 10.9 Å². The minimum Gasteiger partial charge on any atom is -0.496 e. The fourth-order valence-corrected chi connectivity index (χ4v) is 2.24. The van der Waals surface area contributed by atoms with Crippen molar-refractivity contribution in [3.8, 4) is 5.75 Å². The van der Waals surface area contributed by atoms with Crippen molar-refractivity contribution in [3.63, 3.8) is 0 Å². The zero-order chi connectivity index (χ0) is 10.8. The summed E-state index contributed by atoms with van der Waals surface area (Å²) in [5.41, 5.74) is 1.26. The van der Waals surface area contributed by atoms with Gasteiger partial charge in [-0.05, 0) is 46.9 Å². The highest BCUT2D eigenvalue weighted by Gasteiger charge is 2.06. The van der Waals surface area contributed by atoms with Gasteiger partial charge in [0.15, 0.2) is 6.29 Å². The minimum atomic E-state index is 0.448. The summed E-state index contributed by atoms with van der Waals surface area (Å²) < 4.78 is 6.22. The first-order valence-electron chi connectivity index (χ1n) is 4.34. The number of carbonyl (C=O) groups excluding carboxylic acids is 1. The predicted octanol–water partition coefficient (Wildman–Crippen LogP) is 2.66. The number of pyridine rings is 1. The van der Waals surface area contributed by atoms with Gasteiger partial charge in [0.1, 0.15) is 11.4 Å². The van der Waals surface area contributed by atoms with E-state index in [-0.39, 0.29) is 0 Å². The molecule has 0 unspecified atom stereocenters. The molecular weight excluding hydrogens is 305 g/mol. The van der Waals surface area contributed by atoms with E-state index in [9.17, 15) is 4.79 Å². The summed E-state index contributed by atoms with van der Waals surface area (Å²) in [6, 6.07) is 7.29. The lowest BCUT2D eigenvalue weighted by Crippen LogP contribution is -1.92.